The number of para-hydroxylation sites is 1. The molecule has 1 unspecified atom stereocenters. The Morgan fingerprint density at radius 1 is 1.25 bits per heavy atom. The van der Waals surface area contributed by atoms with Crippen molar-refractivity contribution in [2.75, 3.05) is 6.61 Å². The van der Waals surface area contributed by atoms with Gasteiger partial charge in [-0.25, -0.2) is 0 Å². The summed E-state index contributed by atoms with van der Waals surface area (Å²) in [5.74, 6) is 2.61. The van der Waals surface area contributed by atoms with Gasteiger partial charge in [0, 0.05) is 30.8 Å². The van der Waals surface area contributed by atoms with Crippen molar-refractivity contribution in [3.8, 4) is 12.3 Å². The number of terminal acetylenes is 1. The lowest BCUT2D eigenvalue weighted by molar-refractivity contribution is 0.0523. The molecule has 0 amide bonds. The first-order chi connectivity index (χ1) is 11.7. The highest BCUT2D eigenvalue weighted by molar-refractivity contribution is 5.81. The van der Waals surface area contributed by atoms with Gasteiger partial charge in [-0.05, 0) is 36.8 Å². The highest BCUT2D eigenvalue weighted by Gasteiger charge is 2.34. The maximum Gasteiger partial charge on any atom is 0.140 e. The smallest absolute Gasteiger partial charge is 0.140 e. The van der Waals surface area contributed by atoms with Crippen molar-refractivity contribution in [1.29, 1.82) is 0 Å². The van der Waals surface area contributed by atoms with Crippen LogP contribution in [0, 0.1) is 12.3 Å². The maximum absolute atomic E-state index is 11.5. The summed E-state index contributed by atoms with van der Waals surface area (Å²) in [7, 11) is 0. The number of aliphatic hydroxyl groups is 1. The number of aromatic nitrogens is 2. The number of hydrogen-bond donors (Lipinski definition) is 1. The van der Waals surface area contributed by atoms with Gasteiger partial charge in [0.2, 0.25) is 0 Å². The van der Waals surface area contributed by atoms with Gasteiger partial charge in [-0.3, -0.25) is 4.98 Å². The highest BCUT2D eigenvalue weighted by atomic mass is 16.5. The molecule has 122 valence electrons. The molecule has 2 heterocycles. The Kier molecular flexibility index (Phi) is 4.66. The second-order valence-electron chi connectivity index (χ2n) is 5.62. The molecule has 1 N–H and O–H groups in total. The van der Waals surface area contributed by atoms with E-state index in [0.29, 0.717) is 13.3 Å². The van der Waals surface area contributed by atoms with Gasteiger partial charge in [-0.2, -0.15) is 0 Å². The Morgan fingerprint density at radius 3 is 2.71 bits per heavy atom. The third-order valence-electron chi connectivity index (χ3n) is 4.17. The molecular formula is C20H20N2O2. The number of fused-ring (bicyclic) bond motifs is 1. The van der Waals surface area contributed by atoms with Gasteiger partial charge >= 0.3 is 0 Å². The highest BCUT2D eigenvalue weighted by Crippen LogP contribution is 2.36. The van der Waals surface area contributed by atoms with Crippen LogP contribution < -0.4 is 0 Å². The summed E-state index contributed by atoms with van der Waals surface area (Å²) in [5, 5.41) is 12.5. The van der Waals surface area contributed by atoms with Crippen molar-refractivity contribution in [2.24, 2.45) is 0 Å². The first-order valence-electron chi connectivity index (χ1n) is 7.93. The molecule has 1 aromatic carbocycles. The van der Waals surface area contributed by atoms with Crippen molar-refractivity contribution < 1.29 is 9.84 Å². The zero-order valence-corrected chi connectivity index (χ0v) is 13.6. The van der Waals surface area contributed by atoms with Crippen molar-refractivity contribution in [2.45, 2.75) is 25.7 Å². The molecule has 0 aliphatic rings. The summed E-state index contributed by atoms with van der Waals surface area (Å²) in [6, 6.07) is 13.5. The van der Waals surface area contributed by atoms with E-state index < -0.39 is 5.60 Å². The average Bonchev–Trinajstić information content (AvgIpc) is 3.00. The maximum atomic E-state index is 11.5. The fourth-order valence-electron chi connectivity index (χ4n) is 2.99. The number of benzene rings is 1. The lowest BCUT2D eigenvalue weighted by Crippen LogP contribution is -2.30. The van der Waals surface area contributed by atoms with Gasteiger partial charge in [0.1, 0.15) is 12.3 Å². The minimum Gasteiger partial charge on any atom is -0.378 e. The Morgan fingerprint density at radius 2 is 2.00 bits per heavy atom. The Labute approximate surface area is 141 Å². The molecule has 0 spiro atoms. The molecule has 0 saturated heterocycles. The lowest BCUT2D eigenvalue weighted by Gasteiger charge is -2.28. The van der Waals surface area contributed by atoms with Gasteiger partial charge in [0.25, 0.3) is 0 Å². The predicted molar refractivity (Wildman–Crippen MR) is 94.2 cm³/mol. The van der Waals surface area contributed by atoms with E-state index in [-0.39, 0.29) is 6.42 Å². The molecular weight excluding hydrogens is 300 g/mol. The molecule has 0 saturated carbocycles. The predicted octanol–water partition coefficient (Wildman–Crippen LogP) is 3.29. The fraction of sp³-hybridized carbons (Fsp3) is 0.250. The van der Waals surface area contributed by atoms with Crippen LogP contribution >= 0.6 is 0 Å². The van der Waals surface area contributed by atoms with Crippen molar-refractivity contribution in [3.05, 3.63) is 66.1 Å². The molecule has 0 aliphatic carbocycles. The van der Waals surface area contributed by atoms with E-state index in [1.807, 2.05) is 41.8 Å². The lowest BCUT2D eigenvalue weighted by atomic mass is 9.88. The summed E-state index contributed by atoms with van der Waals surface area (Å²) in [6.07, 6.45) is 9.05. The van der Waals surface area contributed by atoms with Crippen LogP contribution in [0.25, 0.3) is 10.9 Å². The second-order valence-corrected chi connectivity index (χ2v) is 5.62. The molecule has 0 fully saturated rings. The van der Waals surface area contributed by atoms with Crippen LogP contribution in [0.4, 0.5) is 0 Å². The normalized spacial score (nSPS) is 13.5. The van der Waals surface area contributed by atoms with Gasteiger partial charge in [0.15, 0.2) is 0 Å². The van der Waals surface area contributed by atoms with Gasteiger partial charge in [-0.1, -0.05) is 18.2 Å². The minimum absolute atomic E-state index is 0.166. The summed E-state index contributed by atoms with van der Waals surface area (Å²) in [4.78, 5) is 4.03. The molecule has 1 atom stereocenters. The van der Waals surface area contributed by atoms with Crippen LogP contribution in [-0.4, -0.2) is 21.3 Å². The Hall–Kier alpha value is -2.61. The molecule has 4 heteroatoms. The first kappa shape index (κ1) is 16.3. The van der Waals surface area contributed by atoms with Crippen molar-refractivity contribution >= 4 is 10.9 Å². The Balaban J connectivity index is 2.23. The second kappa shape index (κ2) is 6.88. The summed E-state index contributed by atoms with van der Waals surface area (Å²) in [5.41, 5.74) is 1.15. The van der Waals surface area contributed by atoms with E-state index in [1.54, 1.807) is 24.5 Å². The standard InChI is InChI=1S/C20H20N2O2/c1-3-11-20(23,17-9-12-21-13-10-17)19-14-16-7-5-6-8-18(16)22(19)15-24-4-2/h1,5-10,12-14,23H,4,11,15H2,2H3. The molecule has 0 bridgehead atoms. The number of hydrogen-bond acceptors (Lipinski definition) is 3. The minimum atomic E-state index is -1.30. The van der Waals surface area contributed by atoms with Crippen molar-refractivity contribution in [3.63, 3.8) is 0 Å². The first-order valence-corrected chi connectivity index (χ1v) is 7.93. The fourth-order valence-corrected chi connectivity index (χ4v) is 2.99. The number of nitrogens with zero attached hydrogens (tertiary/aromatic N) is 2. The topological polar surface area (TPSA) is 47.3 Å². The largest absolute Gasteiger partial charge is 0.378 e. The third kappa shape index (κ3) is 2.80. The van der Waals surface area contributed by atoms with E-state index in [4.69, 9.17) is 11.2 Å². The van der Waals surface area contributed by atoms with E-state index in [1.165, 1.54) is 0 Å². The van der Waals surface area contributed by atoms with E-state index in [2.05, 4.69) is 10.9 Å². The van der Waals surface area contributed by atoms with E-state index in [0.717, 1.165) is 22.2 Å². The molecule has 4 nitrogen and oxygen atoms in total. The summed E-state index contributed by atoms with van der Waals surface area (Å²) < 4.78 is 7.61. The monoisotopic (exact) mass is 320 g/mol. The molecule has 3 rings (SSSR count). The molecule has 24 heavy (non-hydrogen) atoms. The molecule has 2 aromatic heterocycles. The molecule has 0 aliphatic heterocycles. The molecule has 3 aromatic rings. The number of ether oxygens (including phenoxy) is 1. The average molecular weight is 320 g/mol. The van der Waals surface area contributed by atoms with Crippen LogP contribution in [-0.2, 0) is 17.1 Å². The van der Waals surface area contributed by atoms with Crippen LogP contribution in [0.2, 0.25) is 0 Å². The number of rotatable bonds is 6. The van der Waals surface area contributed by atoms with Gasteiger partial charge in [0.05, 0.1) is 11.2 Å². The van der Waals surface area contributed by atoms with Crippen LogP contribution in [0.15, 0.2) is 54.9 Å². The Bertz CT molecular complexity index is 864. The third-order valence-corrected chi connectivity index (χ3v) is 4.17. The van der Waals surface area contributed by atoms with Gasteiger partial charge < -0.3 is 14.4 Å². The summed E-state index contributed by atoms with van der Waals surface area (Å²) >= 11 is 0. The zero-order valence-electron chi connectivity index (χ0n) is 13.6. The molecule has 0 radical (unpaired) electrons. The SMILES string of the molecule is C#CCC(O)(c1ccncc1)c1cc2ccccc2n1COCC. The number of pyridine rings is 1. The van der Waals surface area contributed by atoms with Crippen molar-refractivity contribution in [1.82, 2.24) is 9.55 Å². The van der Waals surface area contributed by atoms with E-state index in [9.17, 15) is 5.11 Å². The van der Waals surface area contributed by atoms with E-state index >= 15 is 0 Å². The quantitative estimate of drug-likeness (QED) is 0.709. The van der Waals surface area contributed by atoms with Crippen LogP contribution in [0.1, 0.15) is 24.6 Å². The van der Waals surface area contributed by atoms with Crippen LogP contribution in [0.5, 0.6) is 0 Å². The van der Waals surface area contributed by atoms with Gasteiger partial charge in [-0.15, -0.1) is 12.3 Å². The van der Waals surface area contributed by atoms with Crippen LogP contribution in [0.3, 0.4) is 0 Å². The zero-order chi connectivity index (χ0) is 17.0. The summed E-state index contributed by atoms with van der Waals surface area (Å²) in [6.45, 7) is 2.90.